The van der Waals surface area contributed by atoms with Crippen LogP contribution in [0.15, 0.2) is 59.1 Å². The molecule has 3 heterocycles. The first-order valence-electron chi connectivity index (χ1n) is 11.4. The lowest BCUT2D eigenvalue weighted by atomic mass is 9.94. The Morgan fingerprint density at radius 2 is 1.84 bits per heavy atom. The van der Waals surface area contributed by atoms with Crippen LogP contribution in [0.3, 0.4) is 0 Å². The normalized spacial score (nSPS) is 20.4. The van der Waals surface area contributed by atoms with Crippen molar-refractivity contribution in [2.75, 3.05) is 26.2 Å². The van der Waals surface area contributed by atoms with E-state index in [9.17, 15) is 9.18 Å². The van der Waals surface area contributed by atoms with E-state index in [-0.39, 0.29) is 23.7 Å². The largest absolute Gasteiger partial charge is 0.341 e. The van der Waals surface area contributed by atoms with Crippen molar-refractivity contribution in [2.45, 2.75) is 37.6 Å². The van der Waals surface area contributed by atoms with Crippen LogP contribution in [0.25, 0.3) is 11.4 Å². The average Bonchev–Trinajstić information content (AvgIpc) is 3.53. The molecule has 1 amide bonds. The molecule has 0 bridgehead atoms. The van der Waals surface area contributed by atoms with Crippen LogP contribution in [0.1, 0.15) is 49.1 Å². The van der Waals surface area contributed by atoms with Crippen molar-refractivity contribution in [1.29, 1.82) is 0 Å². The van der Waals surface area contributed by atoms with E-state index >= 15 is 0 Å². The molecule has 0 radical (unpaired) electrons. The molecule has 2 unspecified atom stereocenters. The zero-order valence-corrected chi connectivity index (χ0v) is 18.0. The van der Waals surface area contributed by atoms with Crippen LogP contribution in [0, 0.1) is 5.82 Å². The van der Waals surface area contributed by atoms with Crippen LogP contribution in [-0.4, -0.2) is 52.0 Å². The van der Waals surface area contributed by atoms with Gasteiger partial charge < -0.3 is 9.42 Å². The summed E-state index contributed by atoms with van der Waals surface area (Å²) >= 11 is 0. The Kier molecular flexibility index (Phi) is 5.99. The molecule has 32 heavy (non-hydrogen) atoms. The fraction of sp³-hybridized carbons (Fsp3) is 0.400. The minimum Gasteiger partial charge on any atom is -0.341 e. The minimum absolute atomic E-state index is 0.0381. The molecule has 0 saturated carbocycles. The zero-order valence-electron chi connectivity index (χ0n) is 18.0. The molecule has 2 aromatic carbocycles. The van der Waals surface area contributed by atoms with Crippen LogP contribution < -0.4 is 0 Å². The Morgan fingerprint density at radius 1 is 1.03 bits per heavy atom. The van der Waals surface area contributed by atoms with Gasteiger partial charge in [-0.3, -0.25) is 9.69 Å². The third-order valence-electron chi connectivity index (χ3n) is 6.46. The molecule has 7 heteroatoms. The lowest BCUT2D eigenvalue weighted by Gasteiger charge is -2.38. The molecule has 3 aromatic rings. The number of benzene rings is 2. The number of hydrogen-bond acceptors (Lipinski definition) is 5. The maximum absolute atomic E-state index is 13.6. The van der Waals surface area contributed by atoms with Gasteiger partial charge in [-0.15, -0.1) is 0 Å². The second kappa shape index (κ2) is 9.20. The fourth-order valence-corrected chi connectivity index (χ4v) is 4.84. The van der Waals surface area contributed by atoms with Gasteiger partial charge in [0.25, 0.3) is 0 Å². The van der Waals surface area contributed by atoms with Crippen molar-refractivity contribution in [3.05, 3.63) is 71.9 Å². The van der Waals surface area contributed by atoms with Crippen LogP contribution in [0.5, 0.6) is 0 Å². The number of hydrogen-bond donors (Lipinski definition) is 0. The van der Waals surface area contributed by atoms with Crippen molar-refractivity contribution >= 4 is 5.91 Å². The Labute approximate surface area is 187 Å². The SMILES string of the molecule is O=C(C(c1ccccc1)N1CCCC(c2nc(-c3cccc(F)c3)no2)C1)N1CCCC1. The topological polar surface area (TPSA) is 62.5 Å². The summed E-state index contributed by atoms with van der Waals surface area (Å²) in [5.74, 6) is 0.832. The number of aromatic nitrogens is 2. The molecule has 2 aliphatic rings. The maximum atomic E-state index is 13.6. The van der Waals surface area contributed by atoms with Gasteiger partial charge in [0.2, 0.25) is 17.6 Å². The van der Waals surface area contributed by atoms with Crippen LogP contribution in [0.4, 0.5) is 4.39 Å². The van der Waals surface area contributed by atoms with E-state index in [1.165, 1.54) is 12.1 Å². The fourth-order valence-electron chi connectivity index (χ4n) is 4.84. The summed E-state index contributed by atoms with van der Waals surface area (Å²) in [6, 6.07) is 15.9. The van der Waals surface area contributed by atoms with Gasteiger partial charge in [0.1, 0.15) is 11.9 Å². The molecular formula is C25H27FN4O2. The smallest absolute Gasteiger partial charge is 0.244 e. The highest BCUT2D eigenvalue weighted by Gasteiger charge is 2.36. The average molecular weight is 435 g/mol. The van der Waals surface area contributed by atoms with Crippen LogP contribution >= 0.6 is 0 Å². The van der Waals surface area contributed by atoms with Crippen molar-refractivity contribution in [3.8, 4) is 11.4 Å². The molecule has 5 rings (SSSR count). The van der Waals surface area contributed by atoms with E-state index in [0.717, 1.165) is 50.9 Å². The predicted octanol–water partition coefficient (Wildman–Crippen LogP) is 4.42. The van der Waals surface area contributed by atoms with E-state index in [4.69, 9.17) is 4.52 Å². The first-order chi connectivity index (χ1) is 15.7. The summed E-state index contributed by atoms with van der Waals surface area (Å²) in [7, 11) is 0. The van der Waals surface area contributed by atoms with E-state index in [1.807, 2.05) is 35.2 Å². The number of carbonyl (C=O) groups excluding carboxylic acids is 1. The number of carbonyl (C=O) groups is 1. The molecule has 0 N–H and O–H groups in total. The van der Waals surface area contributed by atoms with Crippen molar-refractivity contribution in [2.24, 2.45) is 0 Å². The second-order valence-electron chi connectivity index (χ2n) is 8.65. The van der Waals surface area contributed by atoms with Gasteiger partial charge in [-0.1, -0.05) is 47.6 Å². The van der Waals surface area contributed by atoms with E-state index in [1.54, 1.807) is 12.1 Å². The third kappa shape index (κ3) is 4.30. The second-order valence-corrected chi connectivity index (χ2v) is 8.65. The number of rotatable bonds is 5. The van der Waals surface area contributed by atoms with E-state index in [2.05, 4.69) is 15.0 Å². The molecule has 0 spiro atoms. The Balaban J connectivity index is 1.38. The first kappa shape index (κ1) is 20.8. The Morgan fingerprint density at radius 3 is 2.62 bits per heavy atom. The Bertz CT molecular complexity index is 1060. The monoisotopic (exact) mass is 434 g/mol. The Hall–Kier alpha value is -3.06. The zero-order chi connectivity index (χ0) is 21.9. The van der Waals surface area contributed by atoms with Gasteiger partial charge in [0.15, 0.2) is 0 Å². The summed E-state index contributed by atoms with van der Waals surface area (Å²) < 4.78 is 19.2. The van der Waals surface area contributed by atoms with Gasteiger partial charge in [-0.25, -0.2) is 4.39 Å². The molecule has 2 saturated heterocycles. The predicted molar refractivity (Wildman–Crippen MR) is 118 cm³/mol. The summed E-state index contributed by atoms with van der Waals surface area (Å²) in [6.07, 6.45) is 4.00. The van der Waals surface area contributed by atoms with Gasteiger partial charge in [0.05, 0.1) is 5.92 Å². The number of piperidine rings is 1. The van der Waals surface area contributed by atoms with Gasteiger partial charge >= 0.3 is 0 Å². The van der Waals surface area contributed by atoms with Gasteiger partial charge in [-0.2, -0.15) is 4.98 Å². The molecule has 2 atom stereocenters. The number of amides is 1. The van der Waals surface area contributed by atoms with Crippen molar-refractivity contribution in [1.82, 2.24) is 19.9 Å². The quantitative estimate of drug-likeness (QED) is 0.595. The molecule has 6 nitrogen and oxygen atoms in total. The molecule has 2 fully saturated rings. The van der Waals surface area contributed by atoms with Crippen molar-refractivity contribution in [3.63, 3.8) is 0 Å². The molecule has 166 valence electrons. The number of halogens is 1. The first-order valence-corrected chi connectivity index (χ1v) is 11.4. The third-order valence-corrected chi connectivity index (χ3v) is 6.46. The highest BCUT2D eigenvalue weighted by molar-refractivity contribution is 5.83. The van der Waals surface area contributed by atoms with Crippen LogP contribution in [-0.2, 0) is 4.79 Å². The minimum atomic E-state index is -0.330. The van der Waals surface area contributed by atoms with Crippen LogP contribution in [0.2, 0.25) is 0 Å². The summed E-state index contributed by atoms with van der Waals surface area (Å²) in [4.78, 5) is 22.3. The maximum Gasteiger partial charge on any atom is 0.244 e. The number of nitrogens with zero attached hydrogens (tertiary/aromatic N) is 4. The lowest BCUT2D eigenvalue weighted by Crippen LogP contribution is -2.45. The lowest BCUT2D eigenvalue weighted by molar-refractivity contribution is -0.136. The van der Waals surface area contributed by atoms with E-state index < -0.39 is 0 Å². The molecule has 1 aromatic heterocycles. The summed E-state index contributed by atoms with van der Waals surface area (Å²) in [5, 5.41) is 4.08. The standard InChI is InChI=1S/C25H27FN4O2/c26-21-12-6-10-19(16-21)23-27-24(32-28-23)20-11-7-15-30(17-20)22(18-8-2-1-3-9-18)25(31)29-13-4-5-14-29/h1-3,6,8-10,12,16,20,22H,4-5,7,11,13-15,17H2. The molecule has 2 aliphatic heterocycles. The summed E-state index contributed by atoms with van der Waals surface area (Å²) in [5.41, 5.74) is 1.62. The molecule has 0 aliphatic carbocycles. The highest BCUT2D eigenvalue weighted by Crippen LogP contribution is 2.34. The number of likely N-dealkylation sites (tertiary alicyclic amines) is 2. The molecular weight excluding hydrogens is 407 g/mol. The highest BCUT2D eigenvalue weighted by atomic mass is 19.1. The van der Waals surface area contributed by atoms with E-state index in [0.29, 0.717) is 23.8 Å². The van der Waals surface area contributed by atoms with Gasteiger partial charge in [-0.05, 0) is 49.9 Å². The van der Waals surface area contributed by atoms with Crippen molar-refractivity contribution < 1.29 is 13.7 Å². The summed E-state index contributed by atoms with van der Waals surface area (Å²) in [6.45, 7) is 3.19. The van der Waals surface area contributed by atoms with Gasteiger partial charge in [0, 0.05) is 25.2 Å².